The molecule has 0 saturated carbocycles. The highest BCUT2D eigenvalue weighted by Gasteiger charge is 2.47. The smallest absolute Gasteiger partial charge is 0.407 e. The Morgan fingerprint density at radius 3 is 2.38 bits per heavy atom. The molecule has 0 aromatic heterocycles. The van der Waals surface area contributed by atoms with Crippen LogP contribution >= 0.6 is 0 Å². The molecule has 3 aromatic rings. The summed E-state index contributed by atoms with van der Waals surface area (Å²) in [6, 6.07) is 12.9. The van der Waals surface area contributed by atoms with Gasteiger partial charge in [0.15, 0.2) is 0 Å². The highest BCUT2D eigenvalue weighted by Crippen LogP contribution is 2.40. The van der Waals surface area contributed by atoms with Crippen LogP contribution in [-0.4, -0.2) is 76.3 Å². The molecule has 5 rings (SSSR count). The van der Waals surface area contributed by atoms with Crippen molar-refractivity contribution in [1.29, 1.82) is 0 Å². The van der Waals surface area contributed by atoms with Gasteiger partial charge in [0.25, 0.3) is 0 Å². The number of ether oxygens (including phenoxy) is 2. The van der Waals surface area contributed by atoms with Crippen LogP contribution in [0, 0.1) is 17.5 Å². The topological polar surface area (TPSA) is 126 Å². The van der Waals surface area contributed by atoms with Gasteiger partial charge in [0.2, 0.25) is 15.9 Å². The molecule has 14 heteroatoms. The van der Waals surface area contributed by atoms with Crippen molar-refractivity contribution >= 4 is 27.7 Å². The van der Waals surface area contributed by atoms with Crippen LogP contribution in [-0.2, 0) is 36.1 Å². The van der Waals surface area contributed by atoms with E-state index < -0.39 is 57.0 Å². The molecule has 0 bridgehead atoms. The van der Waals surface area contributed by atoms with Gasteiger partial charge in [-0.3, -0.25) is 4.79 Å². The maximum atomic E-state index is 15.5. The highest BCUT2D eigenvalue weighted by atomic mass is 32.2. The fraction of sp³-hybridized carbons (Fsp3) is 0.412. The third-order valence-electron chi connectivity index (χ3n) is 9.12. The van der Waals surface area contributed by atoms with Gasteiger partial charge in [-0.25, -0.2) is 26.4 Å². The minimum atomic E-state index is -3.87. The van der Waals surface area contributed by atoms with E-state index in [1.165, 1.54) is 34.6 Å². The fourth-order valence-electron chi connectivity index (χ4n) is 6.77. The third-order valence-corrected chi connectivity index (χ3v) is 11.2. The molecule has 2 saturated heterocycles. The second-order valence-corrected chi connectivity index (χ2v) is 13.9. The van der Waals surface area contributed by atoms with Crippen LogP contribution in [0.25, 0.3) is 0 Å². The number of hydrogen-bond acceptors (Lipinski definition) is 7. The van der Waals surface area contributed by atoms with E-state index in [1.807, 2.05) is 0 Å². The zero-order chi connectivity index (χ0) is 34.5. The lowest BCUT2D eigenvalue weighted by molar-refractivity contribution is -0.121. The molecule has 0 radical (unpaired) electrons. The van der Waals surface area contributed by atoms with Gasteiger partial charge in [-0.05, 0) is 74.6 Å². The number of nitrogens with one attached hydrogen (secondary N) is 3. The Morgan fingerprint density at radius 2 is 1.71 bits per heavy atom. The largest absolute Gasteiger partial charge is 0.453 e. The van der Waals surface area contributed by atoms with E-state index in [-0.39, 0.29) is 66.6 Å². The Labute approximate surface area is 278 Å². The number of nitrogens with zero attached hydrogens (tertiary/aromatic N) is 1. The number of anilines is 1. The van der Waals surface area contributed by atoms with Crippen LogP contribution in [0.3, 0.4) is 0 Å². The second-order valence-electron chi connectivity index (χ2n) is 12.1. The van der Waals surface area contributed by atoms with Crippen molar-refractivity contribution in [2.24, 2.45) is 0 Å². The average molecular weight is 689 g/mol. The number of sulfonamides is 1. The normalized spacial score (nSPS) is 20.4. The van der Waals surface area contributed by atoms with Crippen LogP contribution < -0.4 is 16.0 Å². The van der Waals surface area contributed by atoms with Crippen molar-refractivity contribution in [3.05, 3.63) is 95.3 Å². The molecule has 10 nitrogen and oxygen atoms in total. The molecule has 2 aliphatic heterocycles. The molecule has 258 valence electrons. The average Bonchev–Trinajstić information content (AvgIpc) is 3.07. The molecule has 0 aliphatic carbocycles. The number of hydrogen-bond donors (Lipinski definition) is 3. The summed E-state index contributed by atoms with van der Waals surface area (Å²) in [5, 5.41) is 8.54. The lowest BCUT2D eigenvalue weighted by atomic mass is 9.68. The molecule has 3 aromatic carbocycles. The first-order valence-electron chi connectivity index (χ1n) is 15.7. The van der Waals surface area contributed by atoms with E-state index in [2.05, 4.69) is 16.0 Å². The molecule has 2 fully saturated rings. The Balaban J connectivity index is 1.45. The number of halogens is 3. The van der Waals surface area contributed by atoms with Gasteiger partial charge in [0.1, 0.15) is 23.5 Å². The monoisotopic (exact) mass is 688 g/mol. The summed E-state index contributed by atoms with van der Waals surface area (Å²) in [5.74, 6) is -3.08. The van der Waals surface area contributed by atoms with E-state index in [4.69, 9.17) is 9.47 Å². The predicted molar refractivity (Wildman–Crippen MR) is 172 cm³/mol. The minimum absolute atomic E-state index is 0.0609. The third kappa shape index (κ3) is 7.51. The number of rotatable bonds is 10. The first-order valence-corrected chi connectivity index (χ1v) is 17.2. The van der Waals surface area contributed by atoms with Crippen molar-refractivity contribution in [3.63, 3.8) is 0 Å². The SMILES string of the molecule is COC(=O)NC(C(=O)Nc1cccc(F)c1CC[C@H]1CNC[C@H](C)N1S(=O)(=O)c1ccccc1)C1(c2cc(F)cc(F)c2)CCOCC1. The van der Waals surface area contributed by atoms with E-state index in [0.717, 1.165) is 19.2 Å². The van der Waals surface area contributed by atoms with Crippen LogP contribution in [0.4, 0.5) is 23.7 Å². The molecular formula is C34H39F3N4O6S. The van der Waals surface area contributed by atoms with E-state index in [1.54, 1.807) is 25.1 Å². The maximum absolute atomic E-state index is 15.5. The van der Waals surface area contributed by atoms with Crippen LogP contribution in [0.15, 0.2) is 71.6 Å². The second kappa shape index (κ2) is 15.1. The number of carbonyl (C=O) groups excluding carboxylic acids is 2. The number of benzene rings is 3. The Hall–Kier alpha value is -3.98. The molecule has 0 spiro atoms. The Kier molecular flexibility index (Phi) is 11.1. The van der Waals surface area contributed by atoms with Crippen LogP contribution in [0.5, 0.6) is 0 Å². The van der Waals surface area contributed by atoms with Gasteiger partial charge >= 0.3 is 6.09 Å². The lowest BCUT2D eigenvalue weighted by Gasteiger charge is -2.43. The summed E-state index contributed by atoms with van der Waals surface area (Å²) < 4.78 is 83.6. The van der Waals surface area contributed by atoms with Gasteiger partial charge in [0.05, 0.1) is 12.0 Å². The lowest BCUT2D eigenvalue weighted by Crippen LogP contribution is -2.59. The quantitative estimate of drug-likeness (QED) is 0.287. The zero-order valence-corrected chi connectivity index (χ0v) is 27.5. The van der Waals surface area contributed by atoms with E-state index in [9.17, 15) is 26.8 Å². The number of alkyl carbamates (subject to hydrolysis) is 1. The standard InChI is InChI=1S/C34H39F3N4O6S/c1-22-20-38-21-26(41(22)48(44,45)27-7-4-3-5-8-27)11-12-28-29(37)9-6-10-30(28)39-32(42)31(40-33(43)46-2)34(13-15-47-16-14-34)23-17-24(35)19-25(36)18-23/h3-10,17-19,22,26,31,38H,11-16,20-21H2,1-2H3,(H,39,42)(H,40,43)/t22-,26-,31?/m0/s1. The van der Waals surface area contributed by atoms with Crippen LogP contribution in [0.1, 0.15) is 37.3 Å². The van der Waals surface area contributed by atoms with Crippen LogP contribution in [0.2, 0.25) is 0 Å². The van der Waals surface area contributed by atoms with Gasteiger partial charge in [-0.2, -0.15) is 4.31 Å². The number of carbonyl (C=O) groups is 2. The number of methoxy groups -OCH3 is 1. The Bertz CT molecular complexity index is 1700. The van der Waals surface area contributed by atoms with Crippen molar-refractivity contribution in [2.45, 2.75) is 61.0 Å². The summed E-state index contributed by atoms with van der Waals surface area (Å²) in [6.07, 6.45) is -0.401. The molecule has 1 unspecified atom stereocenters. The molecule has 2 heterocycles. The molecule has 48 heavy (non-hydrogen) atoms. The highest BCUT2D eigenvalue weighted by molar-refractivity contribution is 7.89. The number of piperazine rings is 1. The molecule has 2 amide bonds. The van der Waals surface area contributed by atoms with Gasteiger partial charge < -0.3 is 25.4 Å². The zero-order valence-electron chi connectivity index (χ0n) is 26.7. The van der Waals surface area contributed by atoms with Crippen molar-refractivity contribution in [1.82, 2.24) is 14.9 Å². The molecule has 3 N–H and O–H groups in total. The number of amides is 2. The van der Waals surface area contributed by atoms with Crippen molar-refractivity contribution in [2.75, 3.05) is 38.7 Å². The predicted octanol–water partition coefficient (Wildman–Crippen LogP) is 4.50. The summed E-state index contributed by atoms with van der Waals surface area (Å²) in [5.41, 5.74) is -0.907. The molecule has 2 aliphatic rings. The van der Waals surface area contributed by atoms with E-state index >= 15 is 4.39 Å². The van der Waals surface area contributed by atoms with E-state index in [0.29, 0.717) is 19.2 Å². The Morgan fingerprint density at radius 1 is 1.02 bits per heavy atom. The van der Waals surface area contributed by atoms with Gasteiger partial charge in [0, 0.05) is 61.1 Å². The summed E-state index contributed by atoms with van der Waals surface area (Å²) in [6.45, 7) is 2.88. The van der Waals surface area contributed by atoms with Gasteiger partial charge in [-0.1, -0.05) is 24.3 Å². The molecular weight excluding hydrogens is 649 g/mol. The first kappa shape index (κ1) is 35.3. The van der Waals surface area contributed by atoms with Crippen molar-refractivity contribution < 1.29 is 40.7 Å². The minimum Gasteiger partial charge on any atom is -0.453 e. The first-order chi connectivity index (χ1) is 23.0. The summed E-state index contributed by atoms with van der Waals surface area (Å²) >= 11 is 0. The molecule has 3 atom stereocenters. The van der Waals surface area contributed by atoms with Crippen molar-refractivity contribution in [3.8, 4) is 0 Å². The maximum Gasteiger partial charge on any atom is 0.407 e. The summed E-state index contributed by atoms with van der Waals surface area (Å²) in [4.78, 5) is 26.9. The fourth-order valence-corrected chi connectivity index (χ4v) is 8.64. The summed E-state index contributed by atoms with van der Waals surface area (Å²) in [7, 11) is -2.75. The van der Waals surface area contributed by atoms with Gasteiger partial charge in [-0.15, -0.1) is 0 Å².